The Balaban J connectivity index is 1.64. The lowest BCUT2D eigenvalue weighted by atomic mass is 10.0. The van der Waals surface area contributed by atoms with Gasteiger partial charge in [-0.3, -0.25) is 5.32 Å². The Labute approximate surface area is 139 Å². The van der Waals surface area contributed by atoms with Crippen molar-refractivity contribution in [1.82, 2.24) is 5.32 Å². The summed E-state index contributed by atoms with van der Waals surface area (Å²) in [6, 6.07) is 0. The molecule has 1 aliphatic heterocycles. The number of nitrogens with one attached hydrogen (secondary N) is 1. The van der Waals surface area contributed by atoms with Crippen LogP contribution in [-0.4, -0.2) is 19.4 Å². The maximum atomic E-state index is 5.80. The van der Waals surface area contributed by atoms with E-state index in [9.17, 15) is 0 Å². The van der Waals surface area contributed by atoms with E-state index in [1.165, 1.54) is 103 Å². The van der Waals surface area contributed by atoms with Crippen molar-refractivity contribution < 1.29 is 4.74 Å². The molecule has 1 aliphatic rings. The smallest absolute Gasteiger partial charge is 0.108 e. The molecule has 0 aromatic carbocycles. The van der Waals surface area contributed by atoms with Gasteiger partial charge in [-0.25, -0.2) is 0 Å². The van der Waals surface area contributed by atoms with Gasteiger partial charge in [-0.2, -0.15) is 0 Å². The summed E-state index contributed by atoms with van der Waals surface area (Å²) >= 11 is 0. The predicted octanol–water partition coefficient (Wildman–Crippen LogP) is 6.19. The maximum Gasteiger partial charge on any atom is 0.108 e. The minimum Gasteiger partial charge on any atom is -0.363 e. The minimum atomic E-state index is 0.363. The summed E-state index contributed by atoms with van der Waals surface area (Å²) in [7, 11) is 0. The zero-order chi connectivity index (χ0) is 15.7. The van der Waals surface area contributed by atoms with E-state index in [0.717, 1.165) is 13.2 Å². The second-order valence-electron chi connectivity index (χ2n) is 7.05. The zero-order valence-electron chi connectivity index (χ0n) is 15.2. The van der Waals surface area contributed by atoms with Crippen LogP contribution in [0.2, 0.25) is 0 Å². The first-order chi connectivity index (χ1) is 10.9. The van der Waals surface area contributed by atoms with Crippen LogP contribution in [0.25, 0.3) is 0 Å². The molecule has 1 unspecified atom stereocenters. The van der Waals surface area contributed by atoms with Crippen molar-refractivity contribution in [1.29, 1.82) is 0 Å². The lowest BCUT2D eigenvalue weighted by Gasteiger charge is -2.11. The van der Waals surface area contributed by atoms with E-state index in [2.05, 4.69) is 12.2 Å². The van der Waals surface area contributed by atoms with E-state index in [-0.39, 0.29) is 0 Å². The number of hydrogen-bond donors (Lipinski definition) is 1. The first-order valence-corrected chi connectivity index (χ1v) is 10.3. The van der Waals surface area contributed by atoms with Crippen LogP contribution in [-0.2, 0) is 4.74 Å². The van der Waals surface area contributed by atoms with E-state index in [4.69, 9.17) is 4.74 Å². The van der Waals surface area contributed by atoms with Crippen molar-refractivity contribution in [3.63, 3.8) is 0 Å². The Morgan fingerprint density at radius 3 is 1.68 bits per heavy atom. The van der Waals surface area contributed by atoms with Crippen LogP contribution >= 0.6 is 0 Å². The lowest BCUT2D eigenvalue weighted by Crippen LogP contribution is -2.24. The molecule has 0 radical (unpaired) electrons. The van der Waals surface area contributed by atoms with Crippen LogP contribution in [0.5, 0.6) is 0 Å². The summed E-state index contributed by atoms with van der Waals surface area (Å²) < 4.78 is 5.80. The first kappa shape index (κ1) is 20.0. The van der Waals surface area contributed by atoms with Gasteiger partial charge in [-0.1, -0.05) is 90.4 Å². The van der Waals surface area contributed by atoms with E-state index >= 15 is 0 Å². The third kappa shape index (κ3) is 12.5. The summed E-state index contributed by atoms with van der Waals surface area (Å²) in [6.45, 7) is 4.39. The fourth-order valence-corrected chi connectivity index (χ4v) is 3.32. The highest BCUT2D eigenvalue weighted by molar-refractivity contribution is 4.64. The number of rotatable bonds is 16. The molecule has 2 heteroatoms. The largest absolute Gasteiger partial charge is 0.363 e. The molecule has 1 fully saturated rings. The van der Waals surface area contributed by atoms with Gasteiger partial charge in [-0.15, -0.1) is 0 Å². The molecule has 0 aliphatic carbocycles. The normalized spacial score (nSPS) is 18.1. The van der Waals surface area contributed by atoms with Crippen LogP contribution in [0, 0.1) is 0 Å². The van der Waals surface area contributed by atoms with Gasteiger partial charge in [0.05, 0.1) is 0 Å². The van der Waals surface area contributed by atoms with E-state index < -0.39 is 0 Å². The number of unbranched alkanes of at least 4 members (excludes halogenated alkanes) is 13. The Kier molecular flexibility index (Phi) is 14.3. The highest BCUT2D eigenvalue weighted by atomic mass is 16.5. The van der Waals surface area contributed by atoms with Crippen molar-refractivity contribution in [2.75, 3.05) is 13.2 Å². The fraction of sp³-hybridized carbons (Fsp3) is 1.00. The lowest BCUT2D eigenvalue weighted by molar-refractivity contribution is 0.0410. The molecule has 0 amide bonds. The molecule has 1 rings (SSSR count). The van der Waals surface area contributed by atoms with Gasteiger partial charge in [0.15, 0.2) is 0 Å². The average molecular weight is 312 g/mol. The van der Waals surface area contributed by atoms with Crippen molar-refractivity contribution in [3.8, 4) is 0 Å². The van der Waals surface area contributed by atoms with E-state index in [0.29, 0.717) is 6.23 Å². The third-order valence-electron chi connectivity index (χ3n) is 4.83. The molecule has 1 heterocycles. The SMILES string of the molecule is CCCCCCCCCCCCCCCCOC1CCCN1. The van der Waals surface area contributed by atoms with Crippen molar-refractivity contribution in [3.05, 3.63) is 0 Å². The molecular formula is C20H41NO. The van der Waals surface area contributed by atoms with Crippen molar-refractivity contribution in [2.45, 2.75) is 116 Å². The number of hydrogen-bond acceptors (Lipinski definition) is 2. The second kappa shape index (κ2) is 15.8. The monoisotopic (exact) mass is 311 g/mol. The highest BCUT2D eigenvalue weighted by Crippen LogP contribution is 2.13. The van der Waals surface area contributed by atoms with Gasteiger partial charge in [-0.05, 0) is 25.8 Å². The van der Waals surface area contributed by atoms with Crippen LogP contribution in [0.4, 0.5) is 0 Å². The Morgan fingerprint density at radius 1 is 0.727 bits per heavy atom. The molecule has 0 aromatic heterocycles. The van der Waals surface area contributed by atoms with Gasteiger partial charge in [0.25, 0.3) is 0 Å². The van der Waals surface area contributed by atoms with Crippen LogP contribution in [0.15, 0.2) is 0 Å². The molecule has 1 atom stereocenters. The number of ether oxygens (including phenoxy) is 1. The molecule has 0 saturated carbocycles. The fourth-order valence-electron chi connectivity index (χ4n) is 3.32. The Morgan fingerprint density at radius 2 is 1.23 bits per heavy atom. The second-order valence-corrected chi connectivity index (χ2v) is 7.05. The maximum absolute atomic E-state index is 5.80. The summed E-state index contributed by atoms with van der Waals surface area (Å²) in [6.07, 6.45) is 22.8. The van der Waals surface area contributed by atoms with Crippen molar-refractivity contribution in [2.24, 2.45) is 0 Å². The van der Waals surface area contributed by atoms with Gasteiger partial charge >= 0.3 is 0 Å². The Bertz CT molecular complexity index is 214. The molecule has 132 valence electrons. The van der Waals surface area contributed by atoms with E-state index in [1.807, 2.05) is 0 Å². The molecule has 1 saturated heterocycles. The summed E-state index contributed by atoms with van der Waals surface area (Å²) in [5, 5.41) is 3.38. The minimum absolute atomic E-state index is 0.363. The third-order valence-corrected chi connectivity index (χ3v) is 4.83. The molecule has 22 heavy (non-hydrogen) atoms. The molecule has 1 N–H and O–H groups in total. The van der Waals surface area contributed by atoms with Crippen LogP contribution in [0.3, 0.4) is 0 Å². The zero-order valence-corrected chi connectivity index (χ0v) is 15.2. The Hall–Kier alpha value is -0.0800. The quantitative estimate of drug-likeness (QED) is 0.343. The summed E-state index contributed by atoms with van der Waals surface area (Å²) in [5.74, 6) is 0. The summed E-state index contributed by atoms with van der Waals surface area (Å²) in [4.78, 5) is 0. The molecule has 0 spiro atoms. The topological polar surface area (TPSA) is 21.3 Å². The van der Waals surface area contributed by atoms with E-state index in [1.54, 1.807) is 0 Å². The molecule has 2 nitrogen and oxygen atoms in total. The van der Waals surface area contributed by atoms with Crippen LogP contribution in [0.1, 0.15) is 110 Å². The van der Waals surface area contributed by atoms with Gasteiger partial charge in [0, 0.05) is 6.61 Å². The average Bonchev–Trinajstić information content (AvgIpc) is 3.04. The molecule has 0 aromatic rings. The van der Waals surface area contributed by atoms with Gasteiger partial charge in [0.1, 0.15) is 6.23 Å². The van der Waals surface area contributed by atoms with Gasteiger partial charge < -0.3 is 4.74 Å². The first-order valence-electron chi connectivity index (χ1n) is 10.3. The molecular weight excluding hydrogens is 270 g/mol. The standard InChI is InChI=1S/C20H41NO/c1-2-3-4-5-6-7-8-9-10-11-12-13-14-15-19-22-20-17-16-18-21-20/h20-21H,2-19H2,1H3. The predicted molar refractivity (Wildman–Crippen MR) is 97.3 cm³/mol. The summed E-state index contributed by atoms with van der Waals surface area (Å²) in [5.41, 5.74) is 0. The van der Waals surface area contributed by atoms with Crippen LogP contribution < -0.4 is 5.32 Å². The molecule has 0 bridgehead atoms. The highest BCUT2D eigenvalue weighted by Gasteiger charge is 2.13. The van der Waals surface area contributed by atoms with Gasteiger partial charge in [0.2, 0.25) is 0 Å². The van der Waals surface area contributed by atoms with Crippen molar-refractivity contribution >= 4 is 0 Å².